The zero-order chi connectivity index (χ0) is 12.1. The number of hydrogen-bond donors (Lipinski definition) is 1. The maximum atomic E-state index is 11.9. The number of rotatable bonds is 4. The van der Waals surface area contributed by atoms with Gasteiger partial charge in [0.15, 0.2) is 0 Å². The van der Waals surface area contributed by atoms with Gasteiger partial charge in [-0.3, -0.25) is 4.79 Å². The Kier molecular flexibility index (Phi) is 5.11. The molecule has 1 aliphatic heterocycles. The van der Waals surface area contributed by atoms with Gasteiger partial charge in [0.25, 0.3) is 0 Å². The van der Waals surface area contributed by atoms with Crippen LogP contribution in [0.5, 0.6) is 0 Å². The Morgan fingerprint density at radius 2 is 2.06 bits per heavy atom. The van der Waals surface area contributed by atoms with E-state index in [1.54, 1.807) is 0 Å². The van der Waals surface area contributed by atoms with Crippen molar-refractivity contribution in [3.8, 4) is 0 Å². The molecule has 3 nitrogen and oxygen atoms in total. The second-order valence-electron chi connectivity index (χ2n) is 5.26. The molecule has 1 heterocycles. The van der Waals surface area contributed by atoms with E-state index in [2.05, 4.69) is 5.32 Å². The van der Waals surface area contributed by atoms with Gasteiger partial charge in [-0.2, -0.15) is 0 Å². The molecule has 1 aliphatic carbocycles. The van der Waals surface area contributed by atoms with Crippen molar-refractivity contribution in [2.45, 2.75) is 32.1 Å². The highest BCUT2D eigenvalue weighted by Crippen LogP contribution is 2.32. The highest BCUT2D eigenvalue weighted by molar-refractivity contribution is 6.18. The largest absolute Gasteiger partial charge is 0.381 e. The Morgan fingerprint density at radius 1 is 1.24 bits per heavy atom. The molecule has 3 atom stereocenters. The minimum absolute atomic E-state index is 0.0691. The maximum absolute atomic E-state index is 11.9. The third-order valence-electron chi connectivity index (χ3n) is 4.08. The summed E-state index contributed by atoms with van der Waals surface area (Å²) in [5, 5.41) is 3.08. The van der Waals surface area contributed by atoms with Crippen molar-refractivity contribution in [1.82, 2.24) is 5.32 Å². The van der Waals surface area contributed by atoms with Gasteiger partial charge in [-0.25, -0.2) is 0 Å². The molecule has 1 N–H and O–H groups in total. The fourth-order valence-electron chi connectivity index (χ4n) is 2.91. The average Bonchev–Trinajstić information content (AvgIpc) is 2.84. The van der Waals surface area contributed by atoms with E-state index in [0.29, 0.717) is 18.4 Å². The topological polar surface area (TPSA) is 38.3 Å². The van der Waals surface area contributed by atoms with Crippen molar-refractivity contribution in [1.29, 1.82) is 0 Å². The zero-order valence-corrected chi connectivity index (χ0v) is 11.0. The Balaban J connectivity index is 1.71. The number of halogens is 1. The van der Waals surface area contributed by atoms with Crippen LogP contribution in [-0.4, -0.2) is 31.5 Å². The summed E-state index contributed by atoms with van der Waals surface area (Å²) in [6.45, 7) is 2.20. The van der Waals surface area contributed by atoms with Crippen LogP contribution in [0.25, 0.3) is 0 Å². The van der Waals surface area contributed by atoms with Crippen molar-refractivity contribution in [2.24, 2.45) is 17.8 Å². The van der Waals surface area contributed by atoms with Gasteiger partial charge in [0.05, 0.1) is 12.5 Å². The quantitative estimate of drug-likeness (QED) is 0.786. The van der Waals surface area contributed by atoms with E-state index in [9.17, 15) is 4.79 Å². The summed E-state index contributed by atoms with van der Waals surface area (Å²) in [4.78, 5) is 11.9. The van der Waals surface area contributed by atoms with Crippen molar-refractivity contribution in [3.05, 3.63) is 0 Å². The van der Waals surface area contributed by atoms with E-state index in [0.717, 1.165) is 31.9 Å². The van der Waals surface area contributed by atoms with Crippen LogP contribution >= 0.6 is 11.6 Å². The SMILES string of the molecule is O=C(NCC1CCCC1CCl)C1CCCOC1. The van der Waals surface area contributed by atoms with Crippen LogP contribution in [0.4, 0.5) is 0 Å². The Bertz CT molecular complexity index is 254. The van der Waals surface area contributed by atoms with Gasteiger partial charge < -0.3 is 10.1 Å². The molecule has 2 aliphatic rings. The first kappa shape index (κ1) is 13.2. The predicted molar refractivity (Wildman–Crippen MR) is 68.1 cm³/mol. The lowest BCUT2D eigenvalue weighted by Gasteiger charge is -2.23. The lowest BCUT2D eigenvalue weighted by Crippen LogP contribution is -2.38. The molecule has 0 aromatic heterocycles. The van der Waals surface area contributed by atoms with E-state index in [4.69, 9.17) is 16.3 Å². The van der Waals surface area contributed by atoms with E-state index in [-0.39, 0.29) is 11.8 Å². The van der Waals surface area contributed by atoms with Gasteiger partial charge in [-0.05, 0) is 37.5 Å². The molecule has 3 unspecified atom stereocenters. The van der Waals surface area contributed by atoms with E-state index in [1.165, 1.54) is 19.3 Å². The lowest BCUT2D eigenvalue weighted by molar-refractivity contribution is -0.129. The molecule has 0 radical (unpaired) electrons. The first-order valence-electron chi connectivity index (χ1n) is 6.72. The molecule has 2 rings (SSSR count). The molecular formula is C13H22ClNO2. The summed E-state index contributed by atoms with van der Waals surface area (Å²) in [6.07, 6.45) is 5.65. The van der Waals surface area contributed by atoms with Crippen molar-refractivity contribution in [3.63, 3.8) is 0 Å². The molecule has 4 heteroatoms. The number of nitrogens with one attached hydrogen (secondary N) is 1. The molecule has 0 aromatic carbocycles. The Morgan fingerprint density at radius 3 is 2.76 bits per heavy atom. The van der Waals surface area contributed by atoms with Crippen LogP contribution in [0.15, 0.2) is 0 Å². The number of carbonyl (C=O) groups excluding carboxylic acids is 1. The average molecular weight is 260 g/mol. The molecule has 1 saturated heterocycles. The van der Waals surface area contributed by atoms with Crippen molar-refractivity contribution < 1.29 is 9.53 Å². The van der Waals surface area contributed by atoms with Gasteiger partial charge in [-0.1, -0.05) is 6.42 Å². The molecule has 0 spiro atoms. The van der Waals surface area contributed by atoms with Gasteiger partial charge in [-0.15, -0.1) is 11.6 Å². The summed E-state index contributed by atoms with van der Waals surface area (Å²) in [5.74, 6) is 2.15. The number of amides is 1. The molecule has 98 valence electrons. The summed E-state index contributed by atoms with van der Waals surface area (Å²) < 4.78 is 5.34. The molecule has 0 bridgehead atoms. The number of ether oxygens (including phenoxy) is 1. The fourth-order valence-corrected chi connectivity index (χ4v) is 3.32. The summed E-state index contributed by atoms with van der Waals surface area (Å²) >= 11 is 5.93. The minimum atomic E-state index is 0.0691. The lowest BCUT2D eigenvalue weighted by atomic mass is 9.97. The second kappa shape index (κ2) is 6.60. The van der Waals surface area contributed by atoms with Crippen molar-refractivity contribution in [2.75, 3.05) is 25.6 Å². The normalized spacial score (nSPS) is 33.6. The number of hydrogen-bond acceptors (Lipinski definition) is 2. The first-order valence-corrected chi connectivity index (χ1v) is 7.26. The van der Waals surface area contributed by atoms with Crippen molar-refractivity contribution >= 4 is 17.5 Å². The third kappa shape index (κ3) is 3.59. The minimum Gasteiger partial charge on any atom is -0.381 e. The summed E-state index contributed by atoms with van der Waals surface area (Å²) in [6, 6.07) is 0. The molecule has 0 aromatic rings. The van der Waals surface area contributed by atoms with E-state index >= 15 is 0 Å². The van der Waals surface area contributed by atoms with Gasteiger partial charge >= 0.3 is 0 Å². The first-order chi connectivity index (χ1) is 8.31. The second-order valence-corrected chi connectivity index (χ2v) is 5.57. The van der Waals surface area contributed by atoms with Crippen LogP contribution in [0.3, 0.4) is 0 Å². The molecule has 17 heavy (non-hydrogen) atoms. The maximum Gasteiger partial charge on any atom is 0.225 e. The van der Waals surface area contributed by atoms with Gasteiger partial charge in [0.1, 0.15) is 0 Å². The Hall–Kier alpha value is -0.280. The highest BCUT2D eigenvalue weighted by atomic mass is 35.5. The van der Waals surface area contributed by atoms with Crippen LogP contribution in [0.1, 0.15) is 32.1 Å². The molecule has 1 amide bonds. The number of carbonyl (C=O) groups is 1. The van der Waals surface area contributed by atoms with Crippen LogP contribution in [0.2, 0.25) is 0 Å². The highest BCUT2D eigenvalue weighted by Gasteiger charge is 2.28. The monoisotopic (exact) mass is 259 g/mol. The third-order valence-corrected chi connectivity index (χ3v) is 4.48. The van der Waals surface area contributed by atoms with E-state index in [1.807, 2.05) is 0 Å². The molecular weight excluding hydrogens is 238 g/mol. The van der Waals surface area contributed by atoms with E-state index < -0.39 is 0 Å². The predicted octanol–water partition coefficient (Wildman–Crippen LogP) is 2.18. The molecule has 2 fully saturated rings. The van der Waals surface area contributed by atoms with Crippen LogP contribution < -0.4 is 5.32 Å². The zero-order valence-electron chi connectivity index (χ0n) is 10.3. The standard InChI is InChI=1S/C13H22ClNO2/c14-7-10-3-1-4-11(10)8-15-13(16)12-5-2-6-17-9-12/h10-12H,1-9H2,(H,15,16). The molecule has 1 saturated carbocycles. The van der Waals surface area contributed by atoms with Gasteiger partial charge in [0.2, 0.25) is 5.91 Å². The van der Waals surface area contributed by atoms with Crippen LogP contribution in [-0.2, 0) is 9.53 Å². The smallest absolute Gasteiger partial charge is 0.225 e. The van der Waals surface area contributed by atoms with Gasteiger partial charge in [0, 0.05) is 19.0 Å². The summed E-state index contributed by atoms with van der Waals surface area (Å²) in [5.41, 5.74) is 0. The summed E-state index contributed by atoms with van der Waals surface area (Å²) in [7, 11) is 0. The number of alkyl halides is 1. The van der Waals surface area contributed by atoms with Crippen LogP contribution in [0, 0.1) is 17.8 Å². The fraction of sp³-hybridized carbons (Fsp3) is 0.923. The Labute approximate surface area is 108 Å².